The van der Waals surface area contributed by atoms with Crippen LogP contribution in [-0.4, -0.2) is 53.6 Å². The summed E-state index contributed by atoms with van der Waals surface area (Å²) >= 11 is 0. The molecule has 1 saturated heterocycles. The molecule has 1 amide bonds. The van der Waals surface area contributed by atoms with E-state index in [0.29, 0.717) is 30.8 Å². The summed E-state index contributed by atoms with van der Waals surface area (Å²) in [4.78, 5) is 34.4. The molecule has 1 atom stereocenters. The van der Waals surface area contributed by atoms with Gasteiger partial charge in [-0.25, -0.2) is 0 Å². The van der Waals surface area contributed by atoms with Crippen molar-refractivity contribution in [2.24, 2.45) is 0 Å². The Balaban J connectivity index is 1.57. The highest BCUT2D eigenvalue weighted by molar-refractivity contribution is 6.05. The minimum Gasteiger partial charge on any atom is -0.379 e. The monoisotopic (exact) mass is 378 g/mol. The molecule has 3 aromatic rings. The van der Waals surface area contributed by atoms with E-state index in [9.17, 15) is 9.59 Å². The van der Waals surface area contributed by atoms with Crippen LogP contribution in [0.25, 0.3) is 10.9 Å². The van der Waals surface area contributed by atoms with Crippen LogP contribution in [0.15, 0.2) is 59.5 Å². The van der Waals surface area contributed by atoms with Crippen molar-refractivity contribution in [1.82, 2.24) is 20.2 Å². The van der Waals surface area contributed by atoms with Gasteiger partial charge in [0, 0.05) is 42.8 Å². The first-order chi connectivity index (χ1) is 13.7. The van der Waals surface area contributed by atoms with Crippen molar-refractivity contribution in [3.63, 3.8) is 0 Å². The lowest BCUT2D eigenvalue weighted by atomic mass is 10.1. The van der Waals surface area contributed by atoms with Crippen LogP contribution in [0.5, 0.6) is 0 Å². The van der Waals surface area contributed by atoms with E-state index in [1.54, 1.807) is 12.3 Å². The van der Waals surface area contributed by atoms with E-state index in [0.717, 1.165) is 24.2 Å². The fourth-order valence-corrected chi connectivity index (χ4v) is 3.56. The summed E-state index contributed by atoms with van der Waals surface area (Å²) < 4.78 is 5.45. The van der Waals surface area contributed by atoms with Gasteiger partial charge in [-0.2, -0.15) is 0 Å². The number of H-pyrrole nitrogens is 1. The molecule has 7 nitrogen and oxygen atoms in total. The van der Waals surface area contributed by atoms with Gasteiger partial charge in [-0.1, -0.05) is 24.3 Å². The summed E-state index contributed by atoms with van der Waals surface area (Å²) in [6.45, 7) is 3.29. The molecule has 4 rings (SSSR count). The zero-order valence-corrected chi connectivity index (χ0v) is 15.4. The smallest absolute Gasteiger partial charge is 0.252 e. The first-order valence-corrected chi connectivity index (χ1v) is 9.35. The van der Waals surface area contributed by atoms with Crippen LogP contribution >= 0.6 is 0 Å². The molecular weight excluding hydrogens is 356 g/mol. The Morgan fingerprint density at radius 2 is 1.96 bits per heavy atom. The largest absolute Gasteiger partial charge is 0.379 e. The number of carbonyl (C=O) groups is 1. The molecule has 0 saturated carbocycles. The number of hydrogen-bond donors (Lipinski definition) is 2. The number of fused-ring (bicyclic) bond motifs is 1. The molecule has 1 fully saturated rings. The Hall–Kier alpha value is -3.03. The van der Waals surface area contributed by atoms with Gasteiger partial charge in [0.25, 0.3) is 5.91 Å². The third-order valence-electron chi connectivity index (χ3n) is 4.97. The van der Waals surface area contributed by atoms with Gasteiger partial charge in [-0.15, -0.1) is 0 Å². The summed E-state index contributed by atoms with van der Waals surface area (Å²) in [7, 11) is 0. The predicted molar refractivity (Wildman–Crippen MR) is 106 cm³/mol. The third kappa shape index (κ3) is 3.95. The molecule has 1 unspecified atom stereocenters. The van der Waals surface area contributed by atoms with Crippen molar-refractivity contribution >= 4 is 16.8 Å². The zero-order chi connectivity index (χ0) is 19.3. The Morgan fingerprint density at radius 1 is 1.18 bits per heavy atom. The number of nitrogens with one attached hydrogen (secondary N) is 2. The standard InChI is InChI=1S/C21H22N4O3/c26-20-13-16(15-5-1-2-6-17(15)24-20)21(27)23-14-19(18-7-3-4-8-22-18)25-9-11-28-12-10-25/h1-8,13,19H,9-12,14H2,(H,23,27)(H,24,26). The predicted octanol–water partition coefficient (Wildman–Crippen LogP) is 1.73. The molecule has 7 heteroatoms. The molecule has 2 aromatic heterocycles. The number of rotatable bonds is 5. The molecule has 2 N–H and O–H groups in total. The molecule has 1 aliphatic rings. The van der Waals surface area contributed by atoms with Crippen molar-refractivity contribution in [3.8, 4) is 0 Å². The molecule has 0 aliphatic carbocycles. The lowest BCUT2D eigenvalue weighted by molar-refractivity contribution is 0.0154. The highest BCUT2D eigenvalue weighted by atomic mass is 16.5. The zero-order valence-electron chi connectivity index (χ0n) is 15.4. The van der Waals surface area contributed by atoms with Crippen LogP contribution in [0.3, 0.4) is 0 Å². The molecular formula is C21H22N4O3. The number of carbonyl (C=O) groups excluding carboxylic acids is 1. The maximum atomic E-state index is 12.9. The van der Waals surface area contributed by atoms with Crippen molar-refractivity contribution in [2.75, 3.05) is 32.8 Å². The summed E-state index contributed by atoms with van der Waals surface area (Å²) in [6, 6.07) is 14.4. The number of nitrogens with zero attached hydrogens (tertiary/aromatic N) is 2. The Morgan fingerprint density at radius 3 is 2.75 bits per heavy atom. The first kappa shape index (κ1) is 18.3. The number of pyridine rings is 2. The van der Waals surface area contributed by atoms with Crippen LogP contribution in [0, 0.1) is 0 Å². The maximum absolute atomic E-state index is 12.9. The van der Waals surface area contributed by atoms with Gasteiger partial charge in [0.15, 0.2) is 0 Å². The van der Waals surface area contributed by atoms with E-state index in [4.69, 9.17) is 4.74 Å². The lowest BCUT2D eigenvalue weighted by Crippen LogP contribution is -2.44. The number of ether oxygens (including phenoxy) is 1. The number of aromatic amines is 1. The number of amides is 1. The second-order valence-corrected chi connectivity index (χ2v) is 6.72. The molecule has 0 radical (unpaired) electrons. The highest BCUT2D eigenvalue weighted by Crippen LogP contribution is 2.20. The van der Waals surface area contributed by atoms with Crippen molar-refractivity contribution in [2.45, 2.75) is 6.04 Å². The second kappa shape index (κ2) is 8.33. The molecule has 1 aromatic carbocycles. The number of aromatic nitrogens is 2. The van der Waals surface area contributed by atoms with Gasteiger partial charge in [0.05, 0.1) is 30.5 Å². The van der Waals surface area contributed by atoms with E-state index in [1.807, 2.05) is 36.4 Å². The van der Waals surface area contributed by atoms with Gasteiger partial charge >= 0.3 is 0 Å². The fourth-order valence-electron chi connectivity index (χ4n) is 3.56. The number of para-hydroxylation sites is 1. The lowest BCUT2D eigenvalue weighted by Gasteiger charge is -2.34. The Kier molecular flexibility index (Phi) is 5.45. The van der Waals surface area contributed by atoms with E-state index in [-0.39, 0.29) is 17.5 Å². The molecule has 3 heterocycles. The molecule has 0 spiro atoms. The SMILES string of the molecule is O=C(NCC(c1ccccn1)N1CCOCC1)c1cc(=O)[nH]c2ccccc12. The van der Waals surface area contributed by atoms with Gasteiger partial charge in [0.1, 0.15) is 0 Å². The molecule has 1 aliphatic heterocycles. The minimum atomic E-state index is -0.293. The quantitative estimate of drug-likeness (QED) is 0.706. The van der Waals surface area contributed by atoms with Crippen LogP contribution in [-0.2, 0) is 4.74 Å². The summed E-state index contributed by atoms with van der Waals surface area (Å²) in [5.74, 6) is -0.267. The fraction of sp³-hybridized carbons (Fsp3) is 0.286. The van der Waals surface area contributed by atoms with Gasteiger partial charge in [0.2, 0.25) is 5.56 Å². The van der Waals surface area contributed by atoms with Crippen LogP contribution < -0.4 is 10.9 Å². The van der Waals surface area contributed by atoms with Crippen molar-refractivity contribution in [1.29, 1.82) is 0 Å². The summed E-state index contributed by atoms with van der Waals surface area (Å²) in [5.41, 5.74) is 1.63. The van der Waals surface area contributed by atoms with Crippen molar-refractivity contribution < 1.29 is 9.53 Å². The number of benzene rings is 1. The summed E-state index contributed by atoms with van der Waals surface area (Å²) in [5, 5.41) is 3.72. The van der Waals surface area contributed by atoms with Crippen LogP contribution in [0.2, 0.25) is 0 Å². The average Bonchev–Trinajstić information content (AvgIpc) is 2.74. The topological polar surface area (TPSA) is 87.3 Å². The molecule has 0 bridgehead atoms. The first-order valence-electron chi connectivity index (χ1n) is 9.35. The summed E-state index contributed by atoms with van der Waals surface area (Å²) in [6.07, 6.45) is 1.76. The Bertz CT molecular complexity index is 1010. The van der Waals surface area contributed by atoms with Gasteiger partial charge < -0.3 is 15.0 Å². The molecule has 28 heavy (non-hydrogen) atoms. The molecule has 144 valence electrons. The van der Waals surface area contributed by atoms with Crippen LogP contribution in [0.1, 0.15) is 22.1 Å². The van der Waals surface area contributed by atoms with E-state index in [2.05, 4.69) is 20.2 Å². The van der Waals surface area contributed by atoms with Gasteiger partial charge in [-0.3, -0.25) is 19.5 Å². The van der Waals surface area contributed by atoms with Crippen molar-refractivity contribution in [3.05, 3.63) is 76.3 Å². The van der Waals surface area contributed by atoms with E-state index in [1.165, 1.54) is 6.07 Å². The number of morpholine rings is 1. The third-order valence-corrected chi connectivity index (χ3v) is 4.97. The van der Waals surface area contributed by atoms with E-state index >= 15 is 0 Å². The second-order valence-electron chi connectivity index (χ2n) is 6.72. The highest BCUT2D eigenvalue weighted by Gasteiger charge is 2.24. The van der Waals surface area contributed by atoms with Crippen LogP contribution in [0.4, 0.5) is 0 Å². The Labute approximate surface area is 162 Å². The van der Waals surface area contributed by atoms with Gasteiger partial charge in [-0.05, 0) is 18.2 Å². The number of hydrogen-bond acceptors (Lipinski definition) is 5. The van der Waals surface area contributed by atoms with E-state index < -0.39 is 0 Å². The maximum Gasteiger partial charge on any atom is 0.252 e. The average molecular weight is 378 g/mol. The normalized spacial score (nSPS) is 16.0. The minimum absolute atomic E-state index is 0.0534.